The van der Waals surface area contributed by atoms with E-state index in [0.717, 1.165) is 24.2 Å². The van der Waals surface area contributed by atoms with Gasteiger partial charge in [0.15, 0.2) is 12.4 Å². The third-order valence-corrected chi connectivity index (χ3v) is 2.14. The Labute approximate surface area is 65.5 Å². The van der Waals surface area contributed by atoms with Gasteiger partial charge in [-0.1, -0.05) is 5.57 Å². The van der Waals surface area contributed by atoms with Gasteiger partial charge in [-0.3, -0.25) is 4.79 Å². The van der Waals surface area contributed by atoms with Crippen LogP contribution in [-0.4, -0.2) is 12.4 Å². The third kappa shape index (κ3) is 0.985. The van der Waals surface area contributed by atoms with Crippen LogP contribution in [0.5, 0.6) is 0 Å². The molecule has 0 aromatic carbocycles. The Balaban J connectivity index is 2.38. The van der Waals surface area contributed by atoms with Crippen LogP contribution in [0.4, 0.5) is 0 Å². The predicted octanol–water partition coefficient (Wildman–Crippen LogP) is 1.58. The summed E-state index contributed by atoms with van der Waals surface area (Å²) in [5.41, 5.74) is 2.20. The standard InChI is InChI=1S/C9H10O2/c1-6-2-3-7-8(10)5-11-9(7)4-6/h4H,2-3,5H2,1H3. The zero-order valence-electron chi connectivity index (χ0n) is 6.52. The minimum Gasteiger partial charge on any atom is -0.485 e. The van der Waals surface area contributed by atoms with Gasteiger partial charge >= 0.3 is 0 Å². The summed E-state index contributed by atoms with van der Waals surface area (Å²) in [4.78, 5) is 11.1. The lowest BCUT2D eigenvalue weighted by Gasteiger charge is -2.08. The largest absolute Gasteiger partial charge is 0.485 e. The average molecular weight is 150 g/mol. The van der Waals surface area contributed by atoms with Crippen molar-refractivity contribution in [2.45, 2.75) is 19.8 Å². The lowest BCUT2D eigenvalue weighted by molar-refractivity contribution is -0.116. The molecular formula is C9H10O2. The first-order valence-corrected chi connectivity index (χ1v) is 3.83. The van der Waals surface area contributed by atoms with E-state index >= 15 is 0 Å². The fraction of sp³-hybridized carbons (Fsp3) is 0.444. The molecule has 11 heavy (non-hydrogen) atoms. The number of ketones is 1. The molecule has 2 rings (SSSR count). The van der Waals surface area contributed by atoms with E-state index in [1.165, 1.54) is 5.57 Å². The lowest BCUT2D eigenvalue weighted by atomic mass is 9.97. The Kier molecular flexibility index (Phi) is 1.34. The maximum atomic E-state index is 11.1. The summed E-state index contributed by atoms with van der Waals surface area (Å²) in [5.74, 6) is 0.988. The van der Waals surface area contributed by atoms with Crippen molar-refractivity contribution in [3.8, 4) is 0 Å². The van der Waals surface area contributed by atoms with Crippen molar-refractivity contribution in [3.63, 3.8) is 0 Å². The molecule has 0 fully saturated rings. The maximum Gasteiger partial charge on any atom is 0.199 e. The number of Topliss-reactive ketones (excluding diaryl/α,β-unsaturated/α-hetero) is 1. The van der Waals surface area contributed by atoms with Crippen molar-refractivity contribution in [3.05, 3.63) is 23.0 Å². The van der Waals surface area contributed by atoms with Gasteiger partial charge in [-0.2, -0.15) is 0 Å². The summed E-state index contributed by atoms with van der Waals surface area (Å²) in [6.45, 7) is 2.32. The van der Waals surface area contributed by atoms with Crippen molar-refractivity contribution in [1.29, 1.82) is 0 Å². The molecule has 2 heteroatoms. The highest BCUT2D eigenvalue weighted by atomic mass is 16.5. The van der Waals surface area contributed by atoms with Gasteiger partial charge in [0.2, 0.25) is 0 Å². The highest BCUT2D eigenvalue weighted by Crippen LogP contribution is 2.28. The number of carbonyl (C=O) groups excluding carboxylic acids is 1. The van der Waals surface area contributed by atoms with Crippen LogP contribution in [0, 0.1) is 0 Å². The van der Waals surface area contributed by atoms with Crippen LogP contribution < -0.4 is 0 Å². The van der Waals surface area contributed by atoms with Gasteiger partial charge < -0.3 is 4.74 Å². The smallest absolute Gasteiger partial charge is 0.199 e. The van der Waals surface area contributed by atoms with Crippen LogP contribution in [0.1, 0.15) is 19.8 Å². The van der Waals surface area contributed by atoms with Crippen LogP contribution in [0.15, 0.2) is 23.0 Å². The highest BCUT2D eigenvalue weighted by Gasteiger charge is 2.25. The molecule has 0 aromatic heterocycles. The van der Waals surface area contributed by atoms with Gasteiger partial charge in [-0.15, -0.1) is 0 Å². The minimum atomic E-state index is 0.170. The molecule has 0 amide bonds. The van der Waals surface area contributed by atoms with Gasteiger partial charge in [0.05, 0.1) is 0 Å². The molecule has 0 bridgehead atoms. The number of allylic oxidation sites excluding steroid dienone is 2. The SMILES string of the molecule is CC1=CC2=C(CC1)C(=O)CO2. The molecule has 0 saturated carbocycles. The first-order valence-electron chi connectivity index (χ1n) is 3.83. The molecule has 0 unspecified atom stereocenters. The van der Waals surface area contributed by atoms with Crippen molar-refractivity contribution >= 4 is 5.78 Å². The molecule has 2 nitrogen and oxygen atoms in total. The van der Waals surface area contributed by atoms with E-state index in [4.69, 9.17) is 4.74 Å². The van der Waals surface area contributed by atoms with Crippen LogP contribution in [0.2, 0.25) is 0 Å². The zero-order valence-corrected chi connectivity index (χ0v) is 6.52. The van der Waals surface area contributed by atoms with Gasteiger partial charge in [0.25, 0.3) is 0 Å². The number of hydrogen-bond acceptors (Lipinski definition) is 2. The molecule has 0 spiro atoms. The zero-order chi connectivity index (χ0) is 7.84. The minimum absolute atomic E-state index is 0.170. The Hall–Kier alpha value is -1.05. The number of ether oxygens (including phenoxy) is 1. The number of hydrogen-bond donors (Lipinski definition) is 0. The fourth-order valence-corrected chi connectivity index (χ4v) is 1.46. The molecule has 0 N–H and O–H groups in total. The quantitative estimate of drug-likeness (QED) is 0.524. The van der Waals surface area contributed by atoms with Gasteiger partial charge in [0.1, 0.15) is 5.76 Å². The Morgan fingerprint density at radius 2 is 2.27 bits per heavy atom. The normalized spacial score (nSPS) is 23.0. The molecule has 1 heterocycles. The van der Waals surface area contributed by atoms with Crippen LogP contribution in [-0.2, 0) is 9.53 Å². The molecule has 58 valence electrons. The number of carbonyl (C=O) groups is 1. The first-order chi connectivity index (χ1) is 5.27. The van der Waals surface area contributed by atoms with E-state index in [-0.39, 0.29) is 12.4 Å². The van der Waals surface area contributed by atoms with Crippen LogP contribution in [0.25, 0.3) is 0 Å². The second-order valence-corrected chi connectivity index (χ2v) is 3.05. The third-order valence-electron chi connectivity index (χ3n) is 2.14. The molecular weight excluding hydrogens is 140 g/mol. The fourth-order valence-electron chi connectivity index (χ4n) is 1.46. The van der Waals surface area contributed by atoms with E-state index in [1.807, 2.05) is 6.08 Å². The van der Waals surface area contributed by atoms with Gasteiger partial charge in [-0.25, -0.2) is 0 Å². The van der Waals surface area contributed by atoms with Gasteiger partial charge in [0, 0.05) is 5.57 Å². The van der Waals surface area contributed by atoms with E-state index < -0.39 is 0 Å². The summed E-state index contributed by atoms with van der Waals surface area (Å²) in [6, 6.07) is 0. The Morgan fingerprint density at radius 3 is 3.09 bits per heavy atom. The van der Waals surface area contributed by atoms with E-state index in [9.17, 15) is 4.79 Å². The summed E-state index contributed by atoms with van der Waals surface area (Å²) in [5, 5.41) is 0. The van der Waals surface area contributed by atoms with Crippen molar-refractivity contribution < 1.29 is 9.53 Å². The van der Waals surface area contributed by atoms with E-state index in [2.05, 4.69) is 6.92 Å². The molecule has 1 aliphatic carbocycles. The second kappa shape index (κ2) is 2.22. The first kappa shape index (κ1) is 6.65. The Bertz CT molecular complexity index is 271. The lowest BCUT2D eigenvalue weighted by Crippen LogP contribution is -2.02. The molecule has 0 atom stereocenters. The summed E-state index contributed by atoms with van der Waals surface area (Å²) >= 11 is 0. The Morgan fingerprint density at radius 1 is 1.45 bits per heavy atom. The monoisotopic (exact) mass is 150 g/mol. The molecule has 2 aliphatic rings. The number of rotatable bonds is 0. The highest BCUT2D eigenvalue weighted by molar-refractivity contribution is 5.99. The van der Waals surface area contributed by atoms with Crippen molar-refractivity contribution in [1.82, 2.24) is 0 Å². The summed E-state index contributed by atoms with van der Waals surface area (Å²) in [6.07, 6.45) is 3.86. The predicted molar refractivity (Wildman–Crippen MR) is 41.0 cm³/mol. The average Bonchev–Trinajstić information content (AvgIpc) is 2.32. The van der Waals surface area contributed by atoms with E-state index in [0.29, 0.717) is 0 Å². The topological polar surface area (TPSA) is 26.3 Å². The van der Waals surface area contributed by atoms with Crippen molar-refractivity contribution in [2.75, 3.05) is 6.61 Å². The van der Waals surface area contributed by atoms with Gasteiger partial charge in [-0.05, 0) is 25.8 Å². The van der Waals surface area contributed by atoms with Crippen molar-refractivity contribution in [2.24, 2.45) is 0 Å². The molecule has 1 aliphatic heterocycles. The molecule has 0 saturated heterocycles. The van der Waals surface area contributed by atoms with Crippen LogP contribution >= 0.6 is 0 Å². The summed E-state index contributed by atoms with van der Waals surface area (Å²) in [7, 11) is 0. The second-order valence-electron chi connectivity index (χ2n) is 3.05. The van der Waals surface area contributed by atoms with E-state index in [1.54, 1.807) is 0 Å². The maximum absolute atomic E-state index is 11.1. The molecule has 0 aromatic rings. The van der Waals surface area contributed by atoms with Crippen LogP contribution in [0.3, 0.4) is 0 Å². The summed E-state index contributed by atoms with van der Waals surface area (Å²) < 4.78 is 5.19. The molecule has 0 radical (unpaired) electrons.